The summed E-state index contributed by atoms with van der Waals surface area (Å²) in [5.74, 6) is 0.653. The molecular weight excluding hydrogens is 185 g/mol. The van der Waals surface area contributed by atoms with Crippen LogP contribution in [-0.4, -0.2) is 42.7 Å². The summed E-state index contributed by atoms with van der Waals surface area (Å²) in [6.07, 6.45) is -4.17. The van der Waals surface area contributed by atoms with Crippen molar-refractivity contribution in [1.82, 2.24) is 15.6 Å². The molecule has 0 saturated carbocycles. The van der Waals surface area contributed by atoms with E-state index in [2.05, 4.69) is 15.8 Å². The van der Waals surface area contributed by atoms with E-state index in [0.717, 1.165) is 0 Å². The Labute approximate surface area is 72.8 Å². The highest BCUT2D eigenvalue weighted by Crippen LogP contribution is 2.23. The number of amidine groups is 1. The quantitative estimate of drug-likeness (QED) is 0.556. The fourth-order valence-electron chi connectivity index (χ4n) is 1.41. The summed E-state index contributed by atoms with van der Waals surface area (Å²) >= 11 is 0. The molecule has 2 aliphatic heterocycles. The average Bonchev–Trinajstić information content (AvgIpc) is 2.47. The van der Waals surface area contributed by atoms with Crippen LogP contribution in [0.4, 0.5) is 13.2 Å². The minimum absolute atomic E-state index is 0.0602. The Morgan fingerprint density at radius 1 is 1.46 bits per heavy atom. The first-order valence-electron chi connectivity index (χ1n) is 3.92. The van der Waals surface area contributed by atoms with Gasteiger partial charge >= 0.3 is 6.18 Å². The number of fused-ring (bicyclic) bond motifs is 1. The lowest BCUT2D eigenvalue weighted by Gasteiger charge is -2.32. The number of hydrogen-bond acceptors (Lipinski definition) is 4. The molecule has 0 amide bonds. The molecule has 2 heterocycles. The van der Waals surface area contributed by atoms with Crippen molar-refractivity contribution < 1.29 is 13.2 Å². The molecule has 1 fully saturated rings. The third-order valence-electron chi connectivity index (χ3n) is 2.14. The molecule has 0 radical (unpaired) electrons. The first-order chi connectivity index (χ1) is 6.07. The van der Waals surface area contributed by atoms with Gasteiger partial charge in [-0.15, -0.1) is 0 Å². The van der Waals surface area contributed by atoms with Gasteiger partial charge in [0.2, 0.25) is 0 Å². The minimum atomic E-state index is -4.17. The number of hydrogen-bond donors (Lipinski definition) is 2. The Balaban J connectivity index is 2.03. The van der Waals surface area contributed by atoms with Gasteiger partial charge in [0.15, 0.2) is 0 Å². The second-order valence-corrected chi connectivity index (χ2v) is 3.04. The van der Waals surface area contributed by atoms with Crippen molar-refractivity contribution in [2.24, 2.45) is 5.10 Å². The molecular formula is C6H9F3N4. The van der Waals surface area contributed by atoms with Gasteiger partial charge in [-0.3, -0.25) is 10.7 Å². The number of piperazine rings is 1. The first-order valence-corrected chi connectivity index (χ1v) is 3.92. The van der Waals surface area contributed by atoms with Gasteiger partial charge < -0.3 is 4.90 Å². The molecule has 0 aromatic heterocycles. The molecule has 2 N–H and O–H groups in total. The van der Waals surface area contributed by atoms with E-state index in [0.29, 0.717) is 12.5 Å². The summed E-state index contributed by atoms with van der Waals surface area (Å²) in [5.41, 5.74) is 2.64. The highest BCUT2D eigenvalue weighted by atomic mass is 19.4. The molecule has 0 bridgehead atoms. The van der Waals surface area contributed by atoms with Gasteiger partial charge in [-0.1, -0.05) is 0 Å². The Morgan fingerprint density at radius 2 is 2.23 bits per heavy atom. The molecule has 0 aromatic rings. The van der Waals surface area contributed by atoms with Crippen molar-refractivity contribution in [1.29, 1.82) is 0 Å². The normalized spacial score (nSPS) is 28.1. The molecule has 1 saturated heterocycles. The van der Waals surface area contributed by atoms with Crippen LogP contribution in [0.2, 0.25) is 0 Å². The Morgan fingerprint density at radius 3 is 2.92 bits per heavy atom. The molecule has 1 unspecified atom stereocenters. The van der Waals surface area contributed by atoms with E-state index in [4.69, 9.17) is 0 Å². The van der Waals surface area contributed by atoms with Crippen LogP contribution in [0.25, 0.3) is 0 Å². The predicted octanol–water partition coefficient (Wildman–Crippen LogP) is -0.303. The number of alkyl halides is 3. The second kappa shape index (κ2) is 2.76. The van der Waals surface area contributed by atoms with Crippen LogP contribution in [0.5, 0.6) is 0 Å². The number of hydrazone groups is 1. The Bertz CT molecular complexity index is 237. The molecule has 74 valence electrons. The maximum atomic E-state index is 12.2. The number of rotatable bonds is 0. The third-order valence-corrected chi connectivity index (χ3v) is 2.14. The van der Waals surface area contributed by atoms with Gasteiger partial charge in [0.1, 0.15) is 18.5 Å². The zero-order chi connectivity index (χ0) is 9.47. The monoisotopic (exact) mass is 194 g/mol. The second-order valence-electron chi connectivity index (χ2n) is 3.04. The van der Waals surface area contributed by atoms with E-state index in [1.165, 1.54) is 0 Å². The van der Waals surface area contributed by atoms with E-state index >= 15 is 0 Å². The van der Waals surface area contributed by atoms with Crippen LogP contribution in [0, 0.1) is 0 Å². The Hall–Kier alpha value is -0.980. The van der Waals surface area contributed by atoms with Crippen LogP contribution < -0.4 is 10.7 Å². The molecule has 7 heteroatoms. The number of nitrogens with one attached hydrogen (secondary N) is 2. The molecule has 0 aromatic carbocycles. The van der Waals surface area contributed by atoms with Gasteiger partial charge in [0.05, 0.1) is 6.54 Å². The van der Waals surface area contributed by atoms with Gasteiger partial charge in [-0.05, 0) is 0 Å². The first kappa shape index (κ1) is 8.61. The predicted molar refractivity (Wildman–Crippen MR) is 40.0 cm³/mol. The van der Waals surface area contributed by atoms with E-state index in [1.807, 2.05) is 0 Å². The van der Waals surface area contributed by atoms with Crippen molar-refractivity contribution in [3.8, 4) is 0 Å². The van der Waals surface area contributed by atoms with Crippen molar-refractivity contribution in [2.45, 2.75) is 12.2 Å². The molecule has 1 atom stereocenters. The fourth-order valence-corrected chi connectivity index (χ4v) is 1.41. The molecule has 0 aliphatic carbocycles. The maximum absolute atomic E-state index is 12.2. The lowest BCUT2D eigenvalue weighted by atomic mass is 10.2. The minimum Gasteiger partial charge on any atom is -0.337 e. The standard InChI is InChI=1S/C6H9F3N4/c7-6(8,9)4-2-13-3-11-12-5(13)1-10-4/h4,10-11H,1-3H2. The van der Waals surface area contributed by atoms with Crippen LogP contribution in [0.15, 0.2) is 5.10 Å². The number of halogens is 3. The lowest BCUT2D eigenvalue weighted by molar-refractivity contribution is -0.159. The van der Waals surface area contributed by atoms with Gasteiger partial charge in [-0.25, -0.2) is 0 Å². The van der Waals surface area contributed by atoms with Crippen molar-refractivity contribution in [3.63, 3.8) is 0 Å². The summed E-state index contributed by atoms with van der Waals surface area (Å²) in [6.45, 7) is 0.496. The zero-order valence-corrected chi connectivity index (χ0v) is 6.73. The molecule has 2 aliphatic rings. The van der Waals surface area contributed by atoms with E-state index in [9.17, 15) is 13.2 Å². The SMILES string of the molecule is FC(F)(F)C1CN2CNN=C2CN1. The smallest absolute Gasteiger partial charge is 0.337 e. The van der Waals surface area contributed by atoms with E-state index < -0.39 is 12.2 Å². The highest BCUT2D eigenvalue weighted by Gasteiger charge is 2.43. The van der Waals surface area contributed by atoms with Crippen LogP contribution >= 0.6 is 0 Å². The van der Waals surface area contributed by atoms with Crippen molar-refractivity contribution in [2.75, 3.05) is 19.8 Å². The lowest BCUT2D eigenvalue weighted by Crippen LogP contribution is -2.58. The van der Waals surface area contributed by atoms with Crippen LogP contribution in [0.3, 0.4) is 0 Å². The summed E-state index contributed by atoms with van der Waals surface area (Å²) in [7, 11) is 0. The topological polar surface area (TPSA) is 39.7 Å². The summed E-state index contributed by atoms with van der Waals surface area (Å²) in [4.78, 5) is 1.59. The number of nitrogens with zero attached hydrogens (tertiary/aromatic N) is 2. The fraction of sp³-hybridized carbons (Fsp3) is 0.833. The van der Waals surface area contributed by atoms with Gasteiger partial charge in [0, 0.05) is 6.54 Å². The van der Waals surface area contributed by atoms with Crippen molar-refractivity contribution in [3.05, 3.63) is 0 Å². The summed E-state index contributed by atoms with van der Waals surface area (Å²) in [5, 5.41) is 6.23. The molecule has 0 spiro atoms. The zero-order valence-electron chi connectivity index (χ0n) is 6.73. The van der Waals surface area contributed by atoms with Gasteiger partial charge in [-0.2, -0.15) is 18.3 Å². The van der Waals surface area contributed by atoms with Gasteiger partial charge in [0.25, 0.3) is 0 Å². The molecule has 4 nitrogen and oxygen atoms in total. The van der Waals surface area contributed by atoms with Crippen LogP contribution in [-0.2, 0) is 0 Å². The average molecular weight is 194 g/mol. The summed E-state index contributed by atoms with van der Waals surface area (Å²) in [6, 6.07) is -1.44. The molecule has 2 rings (SSSR count). The Kier molecular flexibility index (Phi) is 1.83. The van der Waals surface area contributed by atoms with E-state index in [-0.39, 0.29) is 13.1 Å². The molecule has 13 heavy (non-hydrogen) atoms. The van der Waals surface area contributed by atoms with Crippen molar-refractivity contribution >= 4 is 5.84 Å². The third kappa shape index (κ3) is 1.55. The van der Waals surface area contributed by atoms with Crippen LogP contribution in [0.1, 0.15) is 0 Å². The maximum Gasteiger partial charge on any atom is 0.405 e. The highest BCUT2D eigenvalue weighted by molar-refractivity contribution is 5.85. The largest absolute Gasteiger partial charge is 0.405 e. The summed E-state index contributed by atoms with van der Waals surface area (Å²) < 4.78 is 36.7. The van der Waals surface area contributed by atoms with E-state index in [1.54, 1.807) is 4.90 Å².